The molecule has 2 atom stereocenters. The van der Waals surface area contributed by atoms with Gasteiger partial charge >= 0.3 is 6.03 Å². The zero-order valence-corrected chi connectivity index (χ0v) is 12.7. The molecule has 3 N–H and O–H groups in total. The van der Waals surface area contributed by atoms with Crippen LogP contribution in [0.2, 0.25) is 0 Å². The standard InChI is InChI=1S/C15H21N3O4/c1-10(19)8-16-15(21)17-11-6-14(20)18(9-11)12-4-3-5-13(7-12)22-2/h3-5,7,10-11,19H,6,8-9H2,1-2H3,(H2,16,17,21)/t10-,11-/m1/s1. The molecule has 2 rings (SSSR count). The monoisotopic (exact) mass is 307 g/mol. The molecular weight excluding hydrogens is 286 g/mol. The molecule has 0 unspecified atom stereocenters. The van der Waals surface area contributed by atoms with E-state index in [0.717, 1.165) is 5.69 Å². The Labute approximate surface area is 129 Å². The highest BCUT2D eigenvalue weighted by Gasteiger charge is 2.31. The van der Waals surface area contributed by atoms with Crippen LogP contribution in [-0.2, 0) is 4.79 Å². The van der Waals surface area contributed by atoms with E-state index in [-0.39, 0.29) is 30.9 Å². The van der Waals surface area contributed by atoms with E-state index in [0.29, 0.717) is 12.3 Å². The molecule has 0 spiro atoms. The minimum Gasteiger partial charge on any atom is -0.497 e. The number of benzene rings is 1. The van der Waals surface area contributed by atoms with E-state index >= 15 is 0 Å². The third-order valence-corrected chi connectivity index (χ3v) is 3.38. The van der Waals surface area contributed by atoms with Gasteiger partial charge in [0.15, 0.2) is 0 Å². The van der Waals surface area contributed by atoms with Crippen LogP contribution in [0.15, 0.2) is 24.3 Å². The minimum absolute atomic E-state index is 0.0471. The first-order chi connectivity index (χ1) is 10.5. The number of aliphatic hydroxyl groups excluding tert-OH is 1. The van der Waals surface area contributed by atoms with E-state index in [9.17, 15) is 9.59 Å². The van der Waals surface area contributed by atoms with Crippen molar-refractivity contribution in [3.05, 3.63) is 24.3 Å². The Morgan fingerprint density at radius 3 is 3.00 bits per heavy atom. The highest BCUT2D eigenvalue weighted by molar-refractivity contribution is 5.97. The fraction of sp³-hybridized carbons (Fsp3) is 0.467. The van der Waals surface area contributed by atoms with Crippen molar-refractivity contribution in [2.24, 2.45) is 0 Å². The van der Waals surface area contributed by atoms with Gasteiger partial charge in [0.1, 0.15) is 5.75 Å². The number of anilines is 1. The molecule has 1 aromatic rings. The quantitative estimate of drug-likeness (QED) is 0.738. The molecule has 1 saturated heterocycles. The Balaban J connectivity index is 1.94. The summed E-state index contributed by atoms with van der Waals surface area (Å²) < 4.78 is 5.15. The van der Waals surface area contributed by atoms with Crippen LogP contribution in [0, 0.1) is 0 Å². The fourth-order valence-electron chi connectivity index (χ4n) is 2.31. The Bertz CT molecular complexity index is 547. The van der Waals surface area contributed by atoms with Crippen molar-refractivity contribution < 1.29 is 19.4 Å². The minimum atomic E-state index is -0.607. The third kappa shape index (κ3) is 4.11. The van der Waals surface area contributed by atoms with Crippen LogP contribution in [0.25, 0.3) is 0 Å². The van der Waals surface area contributed by atoms with Crippen LogP contribution in [0.3, 0.4) is 0 Å². The van der Waals surface area contributed by atoms with Crippen molar-refractivity contribution in [2.45, 2.75) is 25.5 Å². The van der Waals surface area contributed by atoms with E-state index < -0.39 is 6.10 Å². The normalized spacial score (nSPS) is 19.0. The molecule has 1 fully saturated rings. The van der Waals surface area contributed by atoms with Gasteiger partial charge in [0.25, 0.3) is 0 Å². The molecule has 1 heterocycles. The van der Waals surface area contributed by atoms with Crippen LogP contribution < -0.4 is 20.3 Å². The van der Waals surface area contributed by atoms with Gasteiger partial charge in [0, 0.05) is 31.3 Å². The van der Waals surface area contributed by atoms with Gasteiger partial charge in [-0.05, 0) is 19.1 Å². The fourth-order valence-corrected chi connectivity index (χ4v) is 2.31. The molecule has 7 nitrogen and oxygen atoms in total. The number of nitrogens with one attached hydrogen (secondary N) is 2. The van der Waals surface area contributed by atoms with Gasteiger partial charge in [-0.15, -0.1) is 0 Å². The van der Waals surface area contributed by atoms with Crippen molar-refractivity contribution in [3.63, 3.8) is 0 Å². The second-order valence-electron chi connectivity index (χ2n) is 5.31. The van der Waals surface area contributed by atoms with Gasteiger partial charge in [-0.1, -0.05) is 6.07 Å². The van der Waals surface area contributed by atoms with E-state index in [1.54, 1.807) is 25.0 Å². The topological polar surface area (TPSA) is 90.9 Å². The summed E-state index contributed by atoms with van der Waals surface area (Å²) in [6.07, 6.45) is -0.358. The molecule has 1 aliphatic heterocycles. The summed E-state index contributed by atoms with van der Waals surface area (Å²) in [5.74, 6) is 0.630. The highest BCUT2D eigenvalue weighted by Crippen LogP contribution is 2.25. The maximum atomic E-state index is 12.1. The largest absolute Gasteiger partial charge is 0.497 e. The average molecular weight is 307 g/mol. The van der Waals surface area contributed by atoms with E-state index in [1.807, 2.05) is 18.2 Å². The summed E-state index contributed by atoms with van der Waals surface area (Å²) in [6.45, 7) is 2.17. The Morgan fingerprint density at radius 1 is 1.55 bits per heavy atom. The Hall–Kier alpha value is -2.28. The predicted octanol–water partition coefficient (Wildman–Crippen LogP) is 0.481. The van der Waals surface area contributed by atoms with Crippen molar-refractivity contribution in [1.82, 2.24) is 10.6 Å². The predicted molar refractivity (Wildman–Crippen MR) is 82.0 cm³/mol. The van der Waals surface area contributed by atoms with Crippen LogP contribution in [-0.4, -0.2) is 49.4 Å². The number of hydrogen-bond donors (Lipinski definition) is 3. The molecule has 0 radical (unpaired) electrons. The molecule has 120 valence electrons. The lowest BCUT2D eigenvalue weighted by Crippen LogP contribution is -2.45. The number of aliphatic hydroxyl groups is 1. The summed E-state index contributed by atoms with van der Waals surface area (Å²) in [4.78, 5) is 25.4. The highest BCUT2D eigenvalue weighted by atomic mass is 16.5. The molecule has 0 bridgehead atoms. The number of urea groups is 1. The number of carbonyl (C=O) groups excluding carboxylic acids is 2. The van der Waals surface area contributed by atoms with Crippen molar-refractivity contribution in [2.75, 3.05) is 25.1 Å². The zero-order chi connectivity index (χ0) is 16.1. The first-order valence-electron chi connectivity index (χ1n) is 7.16. The number of hydrogen-bond acceptors (Lipinski definition) is 4. The molecule has 0 saturated carbocycles. The lowest BCUT2D eigenvalue weighted by Gasteiger charge is -2.18. The van der Waals surface area contributed by atoms with E-state index in [1.165, 1.54) is 0 Å². The Morgan fingerprint density at radius 2 is 2.32 bits per heavy atom. The van der Waals surface area contributed by atoms with Crippen LogP contribution >= 0.6 is 0 Å². The summed E-state index contributed by atoms with van der Waals surface area (Å²) in [5.41, 5.74) is 0.748. The summed E-state index contributed by atoms with van der Waals surface area (Å²) in [5, 5.41) is 14.4. The third-order valence-electron chi connectivity index (χ3n) is 3.38. The SMILES string of the molecule is COc1cccc(N2C[C@H](NC(=O)NC[C@@H](C)O)CC2=O)c1. The molecule has 1 aromatic carbocycles. The van der Waals surface area contributed by atoms with Crippen LogP contribution in [0.4, 0.5) is 10.5 Å². The van der Waals surface area contributed by atoms with E-state index in [2.05, 4.69) is 10.6 Å². The lowest BCUT2D eigenvalue weighted by molar-refractivity contribution is -0.117. The number of methoxy groups -OCH3 is 1. The van der Waals surface area contributed by atoms with Gasteiger partial charge in [-0.3, -0.25) is 4.79 Å². The van der Waals surface area contributed by atoms with Crippen LogP contribution in [0.1, 0.15) is 13.3 Å². The zero-order valence-electron chi connectivity index (χ0n) is 12.7. The number of rotatable bonds is 5. The summed E-state index contributed by atoms with van der Waals surface area (Å²) in [6, 6.07) is 6.60. The number of nitrogens with zero attached hydrogens (tertiary/aromatic N) is 1. The average Bonchev–Trinajstić information content (AvgIpc) is 2.85. The number of carbonyl (C=O) groups is 2. The van der Waals surface area contributed by atoms with Gasteiger partial charge in [-0.25, -0.2) is 4.79 Å². The Kier molecular flexibility index (Phi) is 5.21. The van der Waals surface area contributed by atoms with Gasteiger partial charge in [0.05, 0.1) is 19.3 Å². The molecule has 22 heavy (non-hydrogen) atoms. The molecule has 7 heteroatoms. The van der Waals surface area contributed by atoms with Gasteiger partial charge in [-0.2, -0.15) is 0 Å². The number of amides is 3. The molecule has 0 aliphatic carbocycles. The lowest BCUT2D eigenvalue weighted by atomic mass is 10.2. The molecule has 3 amide bonds. The van der Waals surface area contributed by atoms with Gasteiger partial charge < -0.3 is 25.4 Å². The van der Waals surface area contributed by atoms with Gasteiger partial charge in [0.2, 0.25) is 5.91 Å². The molecule has 1 aliphatic rings. The summed E-state index contributed by atoms with van der Waals surface area (Å²) in [7, 11) is 1.57. The van der Waals surface area contributed by atoms with Crippen LogP contribution in [0.5, 0.6) is 5.75 Å². The van der Waals surface area contributed by atoms with E-state index in [4.69, 9.17) is 9.84 Å². The maximum absolute atomic E-state index is 12.1. The smallest absolute Gasteiger partial charge is 0.315 e. The number of ether oxygens (including phenoxy) is 1. The second kappa shape index (κ2) is 7.13. The van der Waals surface area contributed by atoms with Crippen molar-refractivity contribution in [1.29, 1.82) is 0 Å². The first-order valence-corrected chi connectivity index (χ1v) is 7.16. The summed E-state index contributed by atoms with van der Waals surface area (Å²) >= 11 is 0. The second-order valence-corrected chi connectivity index (χ2v) is 5.31. The van der Waals surface area contributed by atoms with Crippen molar-refractivity contribution >= 4 is 17.6 Å². The molecule has 0 aromatic heterocycles. The molecular formula is C15H21N3O4. The van der Waals surface area contributed by atoms with Crippen molar-refractivity contribution in [3.8, 4) is 5.75 Å². The maximum Gasteiger partial charge on any atom is 0.315 e. The first kappa shape index (κ1) is 16.1.